The van der Waals surface area contributed by atoms with Crippen LogP contribution in [0.4, 0.5) is 8.78 Å². The summed E-state index contributed by atoms with van der Waals surface area (Å²) in [6.45, 7) is 3.41. The number of aliphatic carboxylic acids is 1. The van der Waals surface area contributed by atoms with Gasteiger partial charge in [0, 0.05) is 28.3 Å². The van der Waals surface area contributed by atoms with Crippen LogP contribution < -0.4 is 15.6 Å². The number of hydrogen-bond donors (Lipinski definition) is 2. The van der Waals surface area contributed by atoms with Crippen LogP contribution in [0.25, 0.3) is 22.1 Å². The molecule has 0 aliphatic carbocycles. The van der Waals surface area contributed by atoms with Gasteiger partial charge in [-0.3, -0.25) is 19.0 Å². The summed E-state index contributed by atoms with van der Waals surface area (Å²) in [5, 5.41) is 12.9. The molecule has 2 aromatic heterocycles. The fourth-order valence-electron chi connectivity index (χ4n) is 5.63. The van der Waals surface area contributed by atoms with E-state index in [0.29, 0.717) is 27.8 Å². The van der Waals surface area contributed by atoms with Crippen LogP contribution in [-0.4, -0.2) is 21.6 Å². The summed E-state index contributed by atoms with van der Waals surface area (Å²) in [5.74, 6) is -3.20. The molecule has 1 aliphatic heterocycles. The fourth-order valence-corrected chi connectivity index (χ4v) is 5.63. The van der Waals surface area contributed by atoms with E-state index in [1.165, 1.54) is 36.7 Å². The Bertz CT molecular complexity index is 1980. The molecule has 5 aromatic rings. The Morgan fingerprint density at radius 2 is 1.84 bits per heavy atom. The molecule has 4 bridgehead atoms. The summed E-state index contributed by atoms with van der Waals surface area (Å²) in [5.41, 5.74) is 1.84. The quantitative estimate of drug-likeness (QED) is 0.270. The van der Waals surface area contributed by atoms with Gasteiger partial charge in [-0.15, -0.1) is 0 Å². The minimum atomic E-state index is -1.59. The molecule has 6 rings (SSSR count). The number of aryl methyl sites for hydroxylation is 2. The molecule has 1 amide bonds. The number of hydrogen-bond acceptors (Lipinski definition) is 5. The Morgan fingerprint density at radius 3 is 2.63 bits per heavy atom. The van der Waals surface area contributed by atoms with Crippen molar-refractivity contribution >= 4 is 22.8 Å². The minimum absolute atomic E-state index is 0.00113. The van der Waals surface area contributed by atoms with Crippen LogP contribution >= 0.6 is 0 Å². The lowest BCUT2D eigenvalue weighted by molar-refractivity contribution is -0.137. The average molecular weight is 585 g/mol. The zero-order valence-corrected chi connectivity index (χ0v) is 23.2. The zero-order valence-electron chi connectivity index (χ0n) is 23.2. The van der Waals surface area contributed by atoms with Gasteiger partial charge in [-0.25, -0.2) is 8.78 Å². The van der Waals surface area contributed by atoms with E-state index in [-0.39, 0.29) is 28.9 Å². The van der Waals surface area contributed by atoms with Gasteiger partial charge in [0.05, 0.1) is 18.7 Å². The maximum absolute atomic E-state index is 15.8. The first-order valence-corrected chi connectivity index (χ1v) is 13.5. The van der Waals surface area contributed by atoms with E-state index in [9.17, 15) is 19.5 Å². The molecule has 218 valence electrons. The number of benzene rings is 3. The number of fused-ring (bicyclic) bond motifs is 7. The van der Waals surface area contributed by atoms with Gasteiger partial charge < -0.3 is 19.6 Å². The fraction of sp³-hybridized carbons (Fsp3) is 0.182. The first-order chi connectivity index (χ1) is 20.6. The standard InChI is InChI=1S/C33H26F2N2O6/c1-17-4-3-5-26-28(17)21-12-18(2)29(35)23(14-21)25(15-27(38)39)36-32(40)30(22-13-19(16-43-26)6-7-24(22)34)37-10-8-20-9-11-42-31(20)33(37)41/h3-14,25,30H,15-16H2,1-2H3,(H,36,40)(H,38,39)/t25-,30-/m1/s1. The highest BCUT2D eigenvalue weighted by atomic mass is 19.1. The first kappa shape index (κ1) is 27.9. The number of halogens is 2. The van der Waals surface area contributed by atoms with Crippen LogP contribution in [-0.2, 0) is 16.2 Å². The second-order valence-electron chi connectivity index (χ2n) is 10.6. The normalized spacial score (nSPS) is 16.6. The van der Waals surface area contributed by atoms with E-state index in [0.717, 1.165) is 10.1 Å². The van der Waals surface area contributed by atoms with Crippen molar-refractivity contribution in [2.24, 2.45) is 0 Å². The molecule has 0 spiro atoms. The van der Waals surface area contributed by atoms with Crippen LogP contribution in [0.5, 0.6) is 5.75 Å². The van der Waals surface area contributed by atoms with Gasteiger partial charge in [0.2, 0.25) is 5.91 Å². The van der Waals surface area contributed by atoms with E-state index < -0.39 is 47.6 Å². The van der Waals surface area contributed by atoms with Crippen molar-refractivity contribution in [2.45, 2.75) is 39.0 Å². The SMILES string of the molecule is Cc1cc2cc(c1F)[C@@H](CC(=O)O)NC(=O)[C@H](n1ccc3ccoc3c1=O)c1cc(ccc1F)COc1cccc(C)c1-2. The molecule has 1 aliphatic rings. The number of ether oxygens (including phenoxy) is 1. The lowest BCUT2D eigenvalue weighted by Crippen LogP contribution is -2.40. The number of nitrogens with one attached hydrogen (secondary N) is 1. The summed E-state index contributed by atoms with van der Waals surface area (Å²) in [6.07, 6.45) is 1.99. The van der Waals surface area contributed by atoms with E-state index >= 15 is 8.78 Å². The van der Waals surface area contributed by atoms with Gasteiger partial charge in [-0.1, -0.05) is 18.2 Å². The molecule has 0 unspecified atom stereocenters. The third kappa shape index (κ3) is 5.05. The van der Waals surface area contributed by atoms with Crippen LogP contribution in [0, 0.1) is 25.5 Å². The second-order valence-corrected chi connectivity index (χ2v) is 10.6. The van der Waals surface area contributed by atoms with Crippen LogP contribution in [0.15, 0.2) is 82.3 Å². The van der Waals surface area contributed by atoms with Crippen molar-refractivity contribution in [3.63, 3.8) is 0 Å². The largest absolute Gasteiger partial charge is 0.488 e. The van der Waals surface area contributed by atoms with Crippen LogP contribution in [0.3, 0.4) is 0 Å². The highest BCUT2D eigenvalue weighted by Crippen LogP contribution is 2.38. The number of rotatable bonds is 3. The van der Waals surface area contributed by atoms with E-state index in [1.807, 2.05) is 19.1 Å². The second kappa shape index (κ2) is 10.9. The van der Waals surface area contributed by atoms with Crippen molar-refractivity contribution < 1.29 is 32.6 Å². The minimum Gasteiger partial charge on any atom is -0.488 e. The molecule has 10 heteroatoms. The predicted molar refractivity (Wildman–Crippen MR) is 154 cm³/mol. The van der Waals surface area contributed by atoms with Gasteiger partial charge >= 0.3 is 5.97 Å². The number of carbonyl (C=O) groups excluding carboxylic acids is 1. The van der Waals surface area contributed by atoms with Crippen LogP contribution in [0.1, 0.15) is 46.3 Å². The number of aromatic nitrogens is 1. The molecule has 2 N–H and O–H groups in total. The monoisotopic (exact) mass is 584 g/mol. The Kier molecular flexibility index (Phi) is 7.05. The molecule has 3 aromatic carbocycles. The van der Waals surface area contributed by atoms with E-state index in [2.05, 4.69) is 5.32 Å². The number of amides is 1. The maximum Gasteiger partial charge on any atom is 0.305 e. The lowest BCUT2D eigenvalue weighted by atomic mass is 9.91. The molecular formula is C33H26F2N2O6. The van der Waals surface area contributed by atoms with Gasteiger partial charge in [-0.05, 0) is 78.6 Å². The van der Waals surface area contributed by atoms with Crippen LogP contribution in [0.2, 0.25) is 0 Å². The zero-order chi connectivity index (χ0) is 30.4. The number of pyridine rings is 1. The summed E-state index contributed by atoms with van der Waals surface area (Å²) in [6, 6.07) is 12.8. The number of carbonyl (C=O) groups is 2. The van der Waals surface area contributed by atoms with Gasteiger partial charge in [0.25, 0.3) is 5.56 Å². The molecular weight excluding hydrogens is 558 g/mol. The van der Waals surface area contributed by atoms with Crippen molar-refractivity contribution in [3.05, 3.63) is 123 Å². The molecule has 0 fully saturated rings. The third-order valence-electron chi connectivity index (χ3n) is 7.69. The molecule has 0 saturated heterocycles. The van der Waals surface area contributed by atoms with Crippen molar-refractivity contribution in [3.8, 4) is 16.9 Å². The Balaban J connectivity index is 1.62. The summed E-state index contributed by atoms with van der Waals surface area (Å²) >= 11 is 0. The summed E-state index contributed by atoms with van der Waals surface area (Å²) < 4.78 is 43.9. The average Bonchev–Trinajstić information content (AvgIpc) is 3.45. The van der Waals surface area contributed by atoms with E-state index in [1.54, 1.807) is 31.2 Å². The summed E-state index contributed by atoms with van der Waals surface area (Å²) in [4.78, 5) is 39.6. The highest BCUT2D eigenvalue weighted by Gasteiger charge is 2.32. The third-order valence-corrected chi connectivity index (χ3v) is 7.69. The topological polar surface area (TPSA) is 111 Å². The predicted octanol–water partition coefficient (Wildman–Crippen LogP) is 5.97. The molecule has 3 heterocycles. The molecule has 0 radical (unpaired) electrons. The van der Waals surface area contributed by atoms with Crippen molar-refractivity contribution in [1.82, 2.24) is 9.88 Å². The first-order valence-electron chi connectivity index (χ1n) is 13.5. The van der Waals surface area contributed by atoms with Gasteiger partial charge in [0.1, 0.15) is 30.0 Å². The Labute approximate surface area is 244 Å². The summed E-state index contributed by atoms with van der Waals surface area (Å²) in [7, 11) is 0. The number of carboxylic acid groups (broad SMARTS) is 1. The highest BCUT2D eigenvalue weighted by molar-refractivity contribution is 5.86. The lowest BCUT2D eigenvalue weighted by Gasteiger charge is -2.26. The molecule has 2 atom stereocenters. The Hall–Kier alpha value is -5.25. The van der Waals surface area contributed by atoms with Gasteiger partial charge in [-0.2, -0.15) is 0 Å². The molecule has 43 heavy (non-hydrogen) atoms. The van der Waals surface area contributed by atoms with Crippen molar-refractivity contribution in [1.29, 1.82) is 0 Å². The smallest absolute Gasteiger partial charge is 0.305 e. The maximum atomic E-state index is 15.8. The number of furan rings is 1. The van der Waals surface area contributed by atoms with Crippen molar-refractivity contribution in [2.75, 3.05) is 0 Å². The molecule has 0 saturated carbocycles. The Morgan fingerprint density at radius 1 is 1.02 bits per heavy atom. The molecule has 8 nitrogen and oxygen atoms in total. The van der Waals surface area contributed by atoms with E-state index in [4.69, 9.17) is 9.15 Å². The van der Waals surface area contributed by atoms with Gasteiger partial charge in [0.15, 0.2) is 5.58 Å². The number of nitrogens with zero attached hydrogens (tertiary/aromatic N) is 1. The number of carboxylic acids is 1.